The van der Waals surface area contributed by atoms with Crippen molar-refractivity contribution in [1.29, 1.82) is 0 Å². The lowest BCUT2D eigenvalue weighted by Gasteiger charge is -2.35. The minimum atomic E-state index is -4.13. The lowest BCUT2D eigenvalue weighted by molar-refractivity contribution is -0.128. The van der Waals surface area contributed by atoms with E-state index in [0.29, 0.717) is 40.0 Å². The van der Waals surface area contributed by atoms with Gasteiger partial charge in [-0.1, -0.05) is 77.8 Å². The normalized spacial score (nSPS) is 14.6. The van der Waals surface area contributed by atoms with E-state index < -0.39 is 28.6 Å². The highest BCUT2D eigenvalue weighted by atomic mass is 35.5. The number of nitrogens with zero attached hydrogens (tertiary/aromatic N) is 2. The highest BCUT2D eigenvalue weighted by Crippen LogP contribution is 2.34. The van der Waals surface area contributed by atoms with Crippen molar-refractivity contribution in [1.82, 2.24) is 9.62 Å². The fourth-order valence-electron chi connectivity index (χ4n) is 4.75. The van der Waals surface area contributed by atoms with Crippen molar-refractivity contribution in [3.8, 4) is 5.75 Å². The third-order valence-corrected chi connectivity index (χ3v) is 9.23. The van der Waals surface area contributed by atoms with Crippen LogP contribution in [0.5, 0.6) is 5.75 Å². The first-order valence-electron chi connectivity index (χ1n) is 13.6. The number of amides is 2. The van der Waals surface area contributed by atoms with E-state index in [1.54, 1.807) is 48.5 Å². The summed E-state index contributed by atoms with van der Waals surface area (Å²) in [6.07, 6.45) is -0.344. The van der Waals surface area contributed by atoms with Gasteiger partial charge in [-0.3, -0.25) is 9.59 Å². The zero-order valence-corrected chi connectivity index (χ0v) is 25.4. The monoisotopic (exact) mass is 637 g/mol. The molecule has 1 atom stereocenters. The van der Waals surface area contributed by atoms with E-state index in [0.717, 1.165) is 9.87 Å². The van der Waals surface area contributed by atoms with Crippen molar-refractivity contribution in [3.05, 3.63) is 124 Å². The van der Waals surface area contributed by atoms with Crippen LogP contribution in [0.1, 0.15) is 11.1 Å². The Labute approximate surface area is 260 Å². The van der Waals surface area contributed by atoms with Gasteiger partial charge < -0.3 is 15.0 Å². The predicted molar refractivity (Wildman–Crippen MR) is 167 cm³/mol. The summed E-state index contributed by atoms with van der Waals surface area (Å²) in [5.41, 5.74) is 2.14. The van der Waals surface area contributed by atoms with E-state index in [-0.39, 0.29) is 23.9 Å². The zero-order chi connectivity index (χ0) is 30.4. The average Bonchev–Trinajstić information content (AvgIpc) is 3.01. The van der Waals surface area contributed by atoms with Gasteiger partial charge in [-0.2, -0.15) is 4.31 Å². The second-order valence-electron chi connectivity index (χ2n) is 9.96. The molecule has 43 heavy (non-hydrogen) atoms. The number of hydrogen-bond donors (Lipinski definition) is 1. The van der Waals surface area contributed by atoms with Gasteiger partial charge in [-0.05, 0) is 66.1 Å². The molecule has 0 bridgehead atoms. The standard InChI is InChI=1S/C32H29Cl2N3O5S/c33-25-13-15-27(16-14-25)43(40,41)36(20-24-9-6-10-26(34)19-24)22-31(38)37-21-30(42-29-12-5-4-11-28(29)37)32(39)35-18-17-23-7-2-1-3-8-23/h1-16,19,30H,17-18,20-22H2,(H,35,39)/t30-/m1/s1. The molecule has 0 saturated heterocycles. The first-order valence-corrected chi connectivity index (χ1v) is 15.8. The van der Waals surface area contributed by atoms with Gasteiger partial charge in [0.25, 0.3) is 5.91 Å². The van der Waals surface area contributed by atoms with E-state index in [1.807, 2.05) is 30.3 Å². The van der Waals surface area contributed by atoms with Crippen molar-refractivity contribution in [2.75, 3.05) is 24.5 Å². The Kier molecular flexibility index (Phi) is 9.67. The summed E-state index contributed by atoms with van der Waals surface area (Å²) < 4.78 is 34.7. The van der Waals surface area contributed by atoms with Crippen LogP contribution in [0.4, 0.5) is 5.69 Å². The van der Waals surface area contributed by atoms with Crippen LogP contribution < -0.4 is 15.0 Å². The Bertz CT molecular complexity index is 1700. The maximum absolute atomic E-state index is 13.9. The van der Waals surface area contributed by atoms with Gasteiger partial charge in [0.1, 0.15) is 5.75 Å². The van der Waals surface area contributed by atoms with Crippen LogP contribution in [0.3, 0.4) is 0 Å². The summed E-state index contributed by atoms with van der Waals surface area (Å²) in [4.78, 5) is 28.4. The average molecular weight is 639 g/mol. The number of sulfonamides is 1. The first-order chi connectivity index (χ1) is 20.7. The lowest BCUT2D eigenvalue weighted by atomic mass is 10.1. The molecule has 4 aromatic carbocycles. The molecule has 8 nitrogen and oxygen atoms in total. The van der Waals surface area contributed by atoms with E-state index in [4.69, 9.17) is 27.9 Å². The number of para-hydroxylation sites is 2. The van der Waals surface area contributed by atoms with Gasteiger partial charge in [0, 0.05) is 23.1 Å². The minimum absolute atomic E-state index is 0.00947. The fourth-order valence-corrected chi connectivity index (χ4v) is 6.47. The van der Waals surface area contributed by atoms with Crippen LogP contribution in [0.2, 0.25) is 10.0 Å². The number of carbonyl (C=O) groups is 2. The van der Waals surface area contributed by atoms with Gasteiger partial charge in [0.15, 0.2) is 6.10 Å². The number of nitrogens with one attached hydrogen (secondary N) is 1. The molecule has 0 saturated carbocycles. The number of benzene rings is 4. The molecule has 0 radical (unpaired) electrons. The van der Waals surface area contributed by atoms with E-state index >= 15 is 0 Å². The molecule has 5 rings (SSSR count). The second-order valence-corrected chi connectivity index (χ2v) is 12.8. The third kappa shape index (κ3) is 7.55. The van der Waals surface area contributed by atoms with Gasteiger partial charge in [0.05, 0.1) is 23.7 Å². The number of halogens is 2. The van der Waals surface area contributed by atoms with Crippen LogP contribution in [-0.2, 0) is 32.6 Å². The highest BCUT2D eigenvalue weighted by Gasteiger charge is 2.36. The van der Waals surface area contributed by atoms with Crippen molar-refractivity contribution in [2.24, 2.45) is 0 Å². The maximum atomic E-state index is 13.9. The smallest absolute Gasteiger partial charge is 0.262 e. The van der Waals surface area contributed by atoms with Crippen molar-refractivity contribution >= 4 is 50.7 Å². The molecule has 222 valence electrons. The summed E-state index contributed by atoms with van der Waals surface area (Å²) in [7, 11) is -4.13. The van der Waals surface area contributed by atoms with Crippen LogP contribution in [0.25, 0.3) is 0 Å². The van der Waals surface area contributed by atoms with Gasteiger partial charge in [-0.25, -0.2) is 8.42 Å². The van der Waals surface area contributed by atoms with E-state index in [1.165, 1.54) is 29.2 Å². The molecule has 0 aliphatic carbocycles. The molecule has 0 aromatic heterocycles. The van der Waals surface area contributed by atoms with E-state index in [2.05, 4.69) is 5.32 Å². The fraction of sp³-hybridized carbons (Fsp3) is 0.188. The molecule has 11 heteroatoms. The Morgan fingerprint density at radius 2 is 1.56 bits per heavy atom. The molecule has 1 aliphatic heterocycles. The van der Waals surface area contributed by atoms with Crippen LogP contribution in [0.15, 0.2) is 108 Å². The summed E-state index contributed by atoms with van der Waals surface area (Å²) in [6.45, 7) is -0.287. The quantitative estimate of drug-likeness (QED) is 0.253. The minimum Gasteiger partial charge on any atom is -0.477 e. The molecule has 1 aliphatic rings. The number of anilines is 1. The number of carbonyl (C=O) groups excluding carboxylic acids is 2. The summed E-state index contributed by atoms with van der Waals surface area (Å²) in [6, 6.07) is 29.2. The van der Waals surface area contributed by atoms with Crippen LogP contribution in [0, 0.1) is 0 Å². The zero-order valence-electron chi connectivity index (χ0n) is 23.0. The molecule has 2 amide bonds. The Morgan fingerprint density at radius 1 is 0.860 bits per heavy atom. The molecule has 0 spiro atoms. The molecule has 1 heterocycles. The van der Waals surface area contributed by atoms with Gasteiger partial charge in [-0.15, -0.1) is 0 Å². The largest absolute Gasteiger partial charge is 0.477 e. The van der Waals surface area contributed by atoms with E-state index in [9.17, 15) is 18.0 Å². The summed E-state index contributed by atoms with van der Waals surface area (Å²) >= 11 is 12.2. The van der Waals surface area contributed by atoms with Crippen LogP contribution in [-0.4, -0.2) is 50.3 Å². The number of fused-ring (bicyclic) bond motifs is 1. The first kappa shape index (κ1) is 30.6. The predicted octanol–water partition coefficient (Wildman–Crippen LogP) is 5.34. The van der Waals surface area contributed by atoms with Crippen molar-refractivity contribution < 1.29 is 22.7 Å². The highest BCUT2D eigenvalue weighted by molar-refractivity contribution is 7.89. The van der Waals surface area contributed by atoms with Crippen LogP contribution >= 0.6 is 23.2 Å². The van der Waals surface area contributed by atoms with Crippen molar-refractivity contribution in [2.45, 2.75) is 24.0 Å². The molecule has 4 aromatic rings. The van der Waals surface area contributed by atoms with Gasteiger partial charge >= 0.3 is 0 Å². The third-order valence-electron chi connectivity index (χ3n) is 6.93. The Balaban J connectivity index is 1.38. The van der Waals surface area contributed by atoms with Crippen molar-refractivity contribution in [3.63, 3.8) is 0 Å². The molecular formula is C32H29Cl2N3O5S. The lowest BCUT2D eigenvalue weighted by Crippen LogP contribution is -2.53. The maximum Gasteiger partial charge on any atom is 0.262 e. The Morgan fingerprint density at radius 3 is 2.30 bits per heavy atom. The number of ether oxygens (including phenoxy) is 1. The SMILES string of the molecule is O=C(NCCc1ccccc1)[C@H]1CN(C(=O)CN(Cc2cccc(Cl)c2)S(=O)(=O)c2ccc(Cl)cc2)c2ccccc2O1. The topological polar surface area (TPSA) is 96.0 Å². The molecule has 0 fully saturated rings. The molecule has 1 N–H and O–H groups in total. The molecular weight excluding hydrogens is 609 g/mol. The molecule has 0 unspecified atom stereocenters. The van der Waals surface area contributed by atoms with Gasteiger partial charge in [0.2, 0.25) is 15.9 Å². The number of rotatable bonds is 10. The Hall–Kier alpha value is -3.89. The number of hydrogen-bond acceptors (Lipinski definition) is 5. The summed E-state index contributed by atoms with van der Waals surface area (Å²) in [5.74, 6) is -0.530. The summed E-state index contributed by atoms with van der Waals surface area (Å²) in [5, 5.41) is 3.71. The second kappa shape index (κ2) is 13.6.